The van der Waals surface area contributed by atoms with Gasteiger partial charge < -0.3 is 5.32 Å². The number of carbonyl (C=O) groups excluding carboxylic acids is 2. The number of amides is 1. The van der Waals surface area contributed by atoms with Gasteiger partial charge in [0.1, 0.15) is 0 Å². The number of halogens is 2. The van der Waals surface area contributed by atoms with Crippen LogP contribution in [0.15, 0.2) is 0 Å². The Balaban J connectivity index is 3.69. The lowest BCUT2D eigenvalue weighted by atomic mass is 10.3. The molecule has 0 aliphatic carbocycles. The van der Waals surface area contributed by atoms with E-state index in [0.717, 1.165) is 0 Å². The van der Waals surface area contributed by atoms with Gasteiger partial charge in [0.05, 0.1) is 0 Å². The number of nitrogens with one attached hydrogen (secondary N) is 1. The van der Waals surface area contributed by atoms with Crippen LogP contribution in [-0.2, 0) is 9.59 Å². The first-order valence-corrected chi connectivity index (χ1v) is 6.50. The van der Waals surface area contributed by atoms with E-state index < -0.39 is 10.2 Å². The Morgan fingerprint density at radius 1 is 1.33 bits per heavy atom. The number of thioether (sulfide) groups is 1. The summed E-state index contributed by atoms with van der Waals surface area (Å²) in [5.41, 5.74) is 0. The first-order chi connectivity index (χ1) is 6.94. The second-order valence-corrected chi connectivity index (χ2v) is 5.52. The van der Waals surface area contributed by atoms with Crippen molar-refractivity contribution in [3.63, 3.8) is 0 Å². The lowest BCUT2D eigenvalue weighted by molar-refractivity contribution is -0.121. The van der Waals surface area contributed by atoms with Gasteiger partial charge in [0.15, 0.2) is 9.45 Å². The van der Waals surface area contributed by atoms with Crippen LogP contribution in [0.4, 0.5) is 0 Å². The van der Waals surface area contributed by atoms with Gasteiger partial charge in [-0.25, -0.2) is 0 Å². The zero-order valence-electron chi connectivity index (χ0n) is 8.81. The molecule has 0 aliphatic rings. The van der Waals surface area contributed by atoms with Crippen LogP contribution in [-0.4, -0.2) is 27.7 Å². The van der Waals surface area contributed by atoms with E-state index in [4.69, 9.17) is 23.2 Å². The molecule has 0 bridgehead atoms. The first-order valence-electron chi connectivity index (χ1n) is 4.75. The SMILES string of the molecule is CCC(=O)SCCNC(=O)C(Cl)(Cl)CC. The minimum atomic E-state index is -1.36. The molecule has 0 aromatic heterocycles. The van der Waals surface area contributed by atoms with Crippen molar-refractivity contribution < 1.29 is 9.59 Å². The molecule has 15 heavy (non-hydrogen) atoms. The number of rotatable bonds is 6. The number of hydrogen-bond donors (Lipinski definition) is 1. The van der Waals surface area contributed by atoms with Gasteiger partial charge in [-0.1, -0.05) is 48.8 Å². The maximum Gasteiger partial charge on any atom is 0.256 e. The van der Waals surface area contributed by atoms with E-state index in [2.05, 4.69) is 5.32 Å². The van der Waals surface area contributed by atoms with Crippen LogP contribution in [0.1, 0.15) is 26.7 Å². The summed E-state index contributed by atoms with van der Waals surface area (Å²) in [5.74, 6) is 0.143. The summed E-state index contributed by atoms with van der Waals surface area (Å²) in [6.07, 6.45) is 0.853. The molecule has 0 rings (SSSR count). The third-order valence-electron chi connectivity index (χ3n) is 1.72. The number of alkyl halides is 2. The fourth-order valence-electron chi connectivity index (χ4n) is 0.721. The maximum absolute atomic E-state index is 11.3. The fourth-order valence-corrected chi connectivity index (χ4v) is 1.49. The molecule has 88 valence electrons. The lowest BCUT2D eigenvalue weighted by Gasteiger charge is -2.16. The Hall–Kier alpha value is 0.0700. The Morgan fingerprint density at radius 3 is 2.40 bits per heavy atom. The fraction of sp³-hybridized carbons (Fsp3) is 0.778. The summed E-state index contributed by atoms with van der Waals surface area (Å²) in [4.78, 5) is 22.2. The summed E-state index contributed by atoms with van der Waals surface area (Å²) >= 11 is 12.6. The van der Waals surface area contributed by atoms with Crippen molar-refractivity contribution in [3.05, 3.63) is 0 Å². The van der Waals surface area contributed by atoms with Crippen molar-refractivity contribution in [2.45, 2.75) is 31.0 Å². The number of carbonyl (C=O) groups is 2. The second-order valence-electron chi connectivity index (χ2n) is 2.89. The summed E-state index contributed by atoms with van der Waals surface area (Å²) in [6.45, 7) is 3.93. The van der Waals surface area contributed by atoms with Crippen LogP contribution in [0.5, 0.6) is 0 Å². The van der Waals surface area contributed by atoms with Crippen molar-refractivity contribution in [3.8, 4) is 0 Å². The highest BCUT2D eigenvalue weighted by Gasteiger charge is 2.30. The molecule has 0 heterocycles. The Bertz CT molecular complexity index is 234. The van der Waals surface area contributed by atoms with Gasteiger partial charge in [-0.15, -0.1) is 0 Å². The van der Waals surface area contributed by atoms with Crippen LogP contribution in [0, 0.1) is 0 Å². The molecule has 0 aromatic rings. The molecule has 0 fully saturated rings. The molecule has 0 atom stereocenters. The van der Waals surface area contributed by atoms with Crippen molar-refractivity contribution in [2.75, 3.05) is 12.3 Å². The first kappa shape index (κ1) is 15.1. The van der Waals surface area contributed by atoms with Crippen molar-refractivity contribution in [2.24, 2.45) is 0 Å². The molecule has 1 amide bonds. The number of hydrogen-bond acceptors (Lipinski definition) is 3. The van der Waals surface area contributed by atoms with Gasteiger partial charge in [0.2, 0.25) is 0 Å². The van der Waals surface area contributed by atoms with Gasteiger partial charge in [-0.2, -0.15) is 0 Å². The minimum Gasteiger partial charge on any atom is -0.353 e. The van der Waals surface area contributed by atoms with Crippen molar-refractivity contribution >= 4 is 46.0 Å². The van der Waals surface area contributed by atoms with E-state index in [-0.39, 0.29) is 5.12 Å². The molecule has 0 unspecified atom stereocenters. The molecule has 0 aromatic carbocycles. The predicted octanol–water partition coefficient (Wildman–Crippen LogP) is 2.36. The monoisotopic (exact) mass is 271 g/mol. The normalized spacial score (nSPS) is 11.2. The van der Waals surface area contributed by atoms with Crippen LogP contribution in [0.3, 0.4) is 0 Å². The molecule has 0 radical (unpaired) electrons. The molecule has 0 spiro atoms. The average Bonchev–Trinajstić information content (AvgIpc) is 2.23. The molecular weight excluding hydrogens is 257 g/mol. The average molecular weight is 272 g/mol. The van der Waals surface area contributed by atoms with Crippen LogP contribution < -0.4 is 5.32 Å². The molecule has 1 N–H and O–H groups in total. The highest BCUT2D eigenvalue weighted by molar-refractivity contribution is 8.13. The summed E-state index contributed by atoms with van der Waals surface area (Å²) in [7, 11) is 0. The molecule has 3 nitrogen and oxygen atoms in total. The minimum absolute atomic E-state index is 0.114. The van der Waals surface area contributed by atoms with E-state index in [1.165, 1.54) is 11.8 Å². The Morgan fingerprint density at radius 2 is 1.93 bits per heavy atom. The van der Waals surface area contributed by atoms with Crippen LogP contribution in [0.25, 0.3) is 0 Å². The molecule has 0 saturated carbocycles. The van der Waals surface area contributed by atoms with Crippen LogP contribution >= 0.6 is 35.0 Å². The van der Waals surface area contributed by atoms with Gasteiger partial charge in [0, 0.05) is 18.7 Å². The summed E-state index contributed by atoms with van der Waals surface area (Å²) < 4.78 is -1.36. The lowest BCUT2D eigenvalue weighted by Crippen LogP contribution is -2.39. The molecular formula is C9H15Cl2NO2S. The second kappa shape index (κ2) is 7.36. The van der Waals surface area contributed by atoms with E-state index in [0.29, 0.717) is 25.1 Å². The van der Waals surface area contributed by atoms with Crippen molar-refractivity contribution in [1.82, 2.24) is 5.32 Å². The molecule has 0 saturated heterocycles. The van der Waals surface area contributed by atoms with E-state index in [1.54, 1.807) is 13.8 Å². The van der Waals surface area contributed by atoms with Crippen molar-refractivity contribution in [1.29, 1.82) is 0 Å². The van der Waals surface area contributed by atoms with E-state index in [9.17, 15) is 9.59 Å². The zero-order chi connectivity index (χ0) is 11.9. The van der Waals surface area contributed by atoms with Gasteiger partial charge in [-0.3, -0.25) is 9.59 Å². The summed E-state index contributed by atoms with van der Waals surface area (Å²) in [5, 5.41) is 2.69. The maximum atomic E-state index is 11.3. The van der Waals surface area contributed by atoms with E-state index in [1.807, 2.05) is 0 Å². The smallest absolute Gasteiger partial charge is 0.256 e. The Kier molecular flexibility index (Phi) is 7.40. The third kappa shape index (κ3) is 6.28. The topological polar surface area (TPSA) is 46.2 Å². The van der Waals surface area contributed by atoms with E-state index >= 15 is 0 Å². The third-order valence-corrected chi connectivity index (χ3v) is 3.61. The zero-order valence-corrected chi connectivity index (χ0v) is 11.1. The van der Waals surface area contributed by atoms with Gasteiger partial charge >= 0.3 is 0 Å². The predicted molar refractivity (Wildman–Crippen MR) is 65.5 cm³/mol. The molecule has 6 heteroatoms. The highest BCUT2D eigenvalue weighted by atomic mass is 35.5. The highest BCUT2D eigenvalue weighted by Crippen LogP contribution is 2.24. The molecule has 0 aliphatic heterocycles. The largest absolute Gasteiger partial charge is 0.353 e. The summed E-state index contributed by atoms with van der Waals surface area (Å²) in [6, 6.07) is 0. The Labute approximate surface area is 104 Å². The quantitative estimate of drug-likeness (QED) is 0.596. The van der Waals surface area contributed by atoms with Crippen LogP contribution in [0.2, 0.25) is 0 Å². The standard InChI is InChI=1S/C9H15Cl2NO2S/c1-3-7(13)15-6-5-12-8(14)9(10,11)4-2/h3-6H2,1-2H3,(H,12,14). The van der Waals surface area contributed by atoms with Gasteiger partial charge in [-0.05, 0) is 6.42 Å². The van der Waals surface area contributed by atoms with Gasteiger partial charge in [0.25, 0.3) is 5.91 Å².